The van der Waals surface area contributed by atoms with Crippen molar-refractivity contribution in [3.63, 3.8) is 0 Å². The first-order valence-electron chi connectivity index (χ1n) is 5.78. The molecule has 3 N–H and O–H groups in total. The molecule has 0 bridgehead atoms. The molecule has 0 spiro atoms. The number of rotatable bonds is 3. The lowest BCUT2D eigenvalue weighted by Crippen LogP contribution is -2.51. The lowest BCUT2D eigenvalue weighted by Gasteiger charge is -2.35. The minimum absolute atomic E-state index is 0.0113. The van der Waals surface area contributed by atoms with Crippen molar-refractivity contribution in [2.24, 2.45) is 11.7 Å². The van der Waals surface area contributed by atoms with Gasteiger partial charge in [0.05, 0.1) is 12.1 Å². The van der Waals surface area contributed by atoms with E-state index in [1.54, 1.807) is 4.90 Å². The predicted molar refractivity (Wildman–Crippen MR) is 59.3 cm³/mol. The molecule has 0 saturated carbocycles. The highest BCUT2D eigenvalue weighted by Gasteiger charge is 2.29. The van der Waals surface area contributed by atoms with Gasteiger partial charge in [-0.25, -0.2) is 0 Å². The molecule has 1 fully saturated rings. The SMILES string of the molecule is CCC[C@H](N)C(=O)N1CCC(C)C(O)C1. The summed E-state index contributed by atoms with van der Waals surface area (Å²) < 4.78 is 0. The third-order valence-corrected chi connectivity index (χ3v) is 3.15. The molecule has 1 aliphatic heterocycles. The number of likely N-dealkylation sites (tertiary alicyclic amines) is 1. The van der Waals surface area contributed by atoms with Crippen LogP contribution in [0.4, 0.5) is 0 Å². The summed E-state index contributed by atoms with van der Waals surface area (Å²) in [5.74, 6) is 0.277. The Hall–Kier alpha value is -0.610. The average Bonchev–Trinajstić information content (AvgIpc) is 2.21. The van der Waals surface area contributed by atoms with Crippen LogP contribution in [0.2, 0.25) is 0 Å². The van der Waals surface area contributed by atoms with Crippen LogP contribution in [0.3, 0.4) is 0 Å². The summed E-state index contributed by atoms with van der Waals surface area (Å²) in [6, 6.07) is -0.393. The van der Waals surface area contributed by atoms with E-state index in [0.29, 0.717) is 6.54 Å². The van der Waals surface area contributed by atoms with Crippen molar-refractivity contribution in [2.45, 2.75) is 45.3 Å². The molecule has 1 aliphatic rings. The van der Waals surface area contributed by atoms with Gasteiger partial charge in [-0.15, -0.1) is 0 Å². The molecule has 0 aromatic carbocycles. The molecule has 1 rings (SSSR count). The van der Waals surface area contributed by atoms with Crippen molar-refractivity contribution in [1.82, 2.24) is 4.90 Å². The predicted octanol–water partition coefficient (Wildman–Crippen LogP) is 0.343. The van der Waals surface area contributed by atoms with Crippen LogP contribution in [0, 0.1) is 5.92 Å². The highest BCUT2D eigenvalue weighted by Crippen LogP contribution is 2.17. The summed E-state index contributed by atoms with van der Waals surface area (Å²) in [6.07, 6.45) is 2.11. The zero-order chi connectivity index (χ0) is 11.4. The number of aliphatic hydroxyl groups is 1. The van der Waals surface area contributed by atoms with Gasteiger partial charge in [0.2, 0.25) is 5.91 Å². The Kier molecular flexibility index (Phi) is 4.54. The molecule has 88 valence electrons. The molecule has 1 amide bonds. The monoisotopic (exact) mass is 214 g/mol. The van der Waals surface area contributed by atoms with E-state index in [1.165, 1.54) is 0 Å². The highest BCUT2D eigenvalue weighted by atomic mass is 16.3. The van der Waals surface area contributed by atoms with Crippen molar-refractivity contribution < 1.29 is 9.90 Å². The third kappa shape index (κ3) is 3.18. The number of piperidine rings is 1. The summed E-state index contributed by atoms with van der Waals surface area (Å²) in [5.41, 5.74) is 5.77. The number of carbonyl (C=O) groups is 1. The number of nitrogens with zero attached hydrogens (tertiary/aromatic N) is 1. The summed E-state index contributed by atoms with van der Waals surface area (Å²) in [5, 5.41) is 9.67. The molecule has 0 radical (unpaired) electrons. The number of hydrogen-bond acceptors (Lipinski definition) is 3. The second-order valence-electron chi connectivity index (χ2n) is 4.51. The van der Waals surface area contributed by atoms with E-state index in [0.717, 1.165) is 25.8 Å². The van der Waals surface area contributed by atoms with Crippen LogP contribution in [0.15, 0.2) is 0 Å². The van der Waals surface area contributed by atoms with Gasteiger partial charge in [0.1, 0.15) is 0 Å². The van der Waals surface area contributed by atoms with Gasteiger partial charge in [-0.2, -0.15) is 0 Å². The van der Waals surface area contributed by atoms with Crippen LogP contribution in [0.1, 0.15) is 33.1 Å². The fourth-order valence-corrected chi connectivity index (χ4v) is 1.92. The molecule has 4 heteroatoms. The number of hydrogen-bond donors (Lipinski definition) is 2. The largest absolute Gasteiger partial charge is 0.391 e. The maximum atomic E-state index is 11.8. The van der Waals surface area contributed by atoms with E-state index in [9.17, 15) is 9.90 Å². The number of nitrogens with two attached hydrogens (primary N) is 1. The molecule has 2 unspecified atom stereocenters. The second-order valence-corrected chi connectivity index (χ2v) is 4.51. The zero-order valence-corrected chi connectivity index (χ0v) is 9.65. The first kappa shape index (κ1) is 12.5. The van der Waals surface area contributed by atoms with Gasteiger partial charge in [0.25, 0.3) is 0 Å². The first-order chi connectivity index (χ1) is 7.06. The maximum absolute atomic E-state index is 11.8. The topological polar surface area (TPSA) is 66.6 Å². The minimum atomic E-state index is -0.393. The van der Waals surface area contributed by atoms with Crippen LogP contribution >= 0.6 is 0 Å². The summed E-state index contributed by atoms with van der Waals surface area (Å²) in [4.78, 5) is 13.5. The van der Waals surface area contributed by atoms with Crippen molar-refractivity contribution in [1.29, 1.82) is 0 Å². The van der Waals surface area contributed by atoms with Gasteiger partial charge < -0.3 is 15.7 Å². The molecule has 3 atom stereocenters. The number of aliphatic hydroxyl groups excluding tert-OH is 1. The van der Waals surface area contributed by atoms with E-state index in [-0.39, 0.29) is 11.8 Å². The standard InChI is InChI=1S/C11H22N2O2/c1-3-4-9(12)11(15)13-6-5-8(2)10(14)7-13/h8-10,14H,3-7,12H2,1-2H3/t8?,9-,10?/m0/s1. The Balaban J connectivity index is 2.47. The fourth-order valence-electron chi connectivity index (χ4n) is 1.92. The molecule has 0 aliphatic carbocycles. The number of carbonyl (C=O) groups excluding carboxylic acids is 1. The second kappa shape index (κ2) is 5.47. The van der Waals surface area contributed by atoms with Crippen LogP contribution in [0.5, 0.6) is 0 Å². The third-order valence-electron chi connectivity index (χ3n) is 3.15. The molecular formula is C11H22N2O2. The van der Waals surface area contributed by atoms with Crippen molar-refractivity contribution in [3.8, 4) is 0 Å². The first-order valence-corrected chi connectivity index (χ1v) is 5.78. The average molecular weight is 214 g/mol. The van der Waals surface area contributed by atoms with Crippen molar-refractivity contribution in [3.05, 3.63) is 0 Å². The van der Waals surface area contributed by atoms with Gasteiger partial charge in [0.15, 0.2) is 0 Å². The Labute approximate surface area is 91.4 Å². The number of β-amino-alcohol motifs (C(OH)–C–C–N with tert-alkyl or cyclic N) is 1. The van der Waals surface area contributed by atoms with Gasteiger partial charge in [-0.3, -0.25) is 4.79 Å². The molecule has 4 nitrogen and oxygen atoms in total. The smallest absolute Gasteiger partial charge is 0.239 e. The van der Waals surface area contributed by atoms with E-state index in [1.807, 2.05) is 13.8 Å². The maximum Gasteiger partial charge on any atom is 0.239 e. The van der Waals surface area contributed by atoms with E-state index in [2.05, 4.69) is 0 Å². The molecule has 0 aromatic heterocycles. The van der Waals surface area contributed by atoms with Crippen molar-refractivity contribution >= 4 is 5.91 Å². The van der Waals surface area contributed by atoms with Crippen LogP contribution in [-0.2, 0) is 4.79 Å². The highest BCUT2D eigenvalue weighted by molar-refractivity contribution is 5.81. The van der Waals surface area contributed by atoms with Crippen LogP contribution < -0.4 is 5.73 Å². The molecule has 1 saturated heterocycles. The van der Waals surface area contributed by atoms with Gasteiger partial charge >= 0.3 is 0 Å². The fraction of sp³-hybridized carbons (Fsp3) is 0.909. The molecule has 15 heavy (non-hydrogen) atoms. The van der Waals surface area contributed by atoms with Gasteiger partial charge in [0, 0.05) is 13.1 Å². The summed E-state index contributed by atoms with van der Waals surface area (Å²) in [6.45, 7) is 5.20. The van der Waals surface area contributed by atoms with E-state index in [4.69, 9.17) is 5.73 Å². The van der Waals surface area contributed by atoms with Crippen LogP contribution in [0.25, 0.3) is 0 Å². The summed E-state index contributed by atoms with van der Waals surface area (Å²) in [7, 11) is 0. The Morgan fingerprint density at radius 1 is 1.67 bits per heavy atom. The van der Waals surface area contributed by atoms with Gasteiger partial charge in [-0.05, 0) is 18.8 Å². The minimum Gasteiger partial charge on any atom is -0.391 e. The van der Waals surface area contributed by atoms with E-state index >= 15 is 0 Å². The Morgan fingerprint density at radius 2 is 2.33 bits per heavy atom. The van der Waals surface area contributed by atoms with E-state index < -0.39 is 12.1 Å². The van der Waals surface area contributed by atoms with Crippen molar-refractivity contribution in [2.75, 3.05) is 13.1 Å². The molecular weight excluding hydrogens is 192 g/mol. The molecule has 0 aromatic rings. The quantitative estimate of drug-likeness (QED) is 0.712. The molecule has 1 heterocycles. The number of amides is 1. The zero-order valence-electron chi connectivity index (χ0n) is 9.65. The Morgan fingerprint density at radius 3 is 2.87 bits per heavy atom. The van der Waals surface area contributed by atoms with Gasteiger partial charge in [-0.1, -0.05) is 20.3 Å². The normalized spacial score (nSPS) is 28.9. The van der Waals surface area contributed by atoms with Crippen LogP contribution in [-0.4, -0.2) is 41.1 Å². The summed E-state index contributed by atoms with van der Waals surface area (Å²) >= 11 is 0. The lowest BCUT2D eigenvalue weighted by atomic mass is 9.95. The Bertz CT molecular complexity index is 221. The lowest BCUT2D eigenvalue weighted by molar-refractivity contribution is -0.137.